The van der Waals surface area contributed by atoms with Crippen LogP contribution in [0.4, 0.5) is 15.4 Å². The predicted molar refractivity (Wildman–Crippen MR) is 105 cm³/mol. The molecule has 1 aromatic heterocycles. The van der Waals surface area contributed by atoms with Gasteiger partial charge in [-0.3, -0.25) is 4.79 Å². The maximum atomic E-state index is 12.6. The number of pyridine rings is 1. The average Bonchev–Trinajstić information content (AvgIpc) is 2.48. The molecule has 0 bridgehead atoms. The lowest BCUT2D eigenvalue weighted by Gasteiger charge is -2.24. The van der Waals surface area contributed by atoms with Crippen LogP contribution in [-0.4, -0.2) is 47.6 Å². The van der Waals surface area contributed by atoms with Crippen LogP contribution in [0, 0.1) is 5.21 Å². The lowest BCUT2D eigenvalue weighted by atomic mass is 10.2. The lowest BCUT2D eigenvalue weighted by molar-refractivity contribution is -0.592. The second-order valence-electron chi connectivity index (χ2n) is 8.35. The molecule has 1 rings (SSSR count). The van der Waals surface area contributed by atoms with Gasteiger partial charge in [-0.2, -0.15) is 9.69 Å². The summed E-state index contributed by atoms with van der Waals surface area (Å²) in [7, 11) is 0. The van der Waals surface area contributed by atoms with E-state index in [9.17, 15) is 19.6 Å². The van der Waals surface area contributed by atoms with Gasteiger partial charge in [0.2, 0.25) is 0 Å². The lowest BCUT2D eigenvalue weighted by Crippen LogP contribution is -2.47. The van der Waals surface area contributed by atoms with Crippen molar-refractivity contribution >= 4 is 24.0 Å². The zero-order valence-electron chi connectivity index (χ0n) is 17.6. The molecule has 1 heterocycles. The van der Waals surface area contributed by atoms with Crippen molar-refractivity contribution in [1.29, 1.82) is 0 Å². The molecule has 0 aliphatic carbocycles. The number of nitrogens with one attached hydrogen (secondary N) is 1. The number of hydrogen-bond donors (Lipinski definition) is 2. The number of carboxylic acid groups (broad SMARTS) is 1. The number of hydrogen-bond acceptors (Lipinski definition) is 6. The number of aliphatic carboxylic acids is 1. The molecule has 0 spiro atoms. The minimum atomic E-state index is -1.08. The van der Waals surface area contributed by atoms with Gasteiger partial charge in [-0.15, -0.1) is 0 Å². The van der Waals surface area contributed by atoms with Crippen molar-refractivity contribution in [3.05, 3.63) is 29.1 Å². The number of carboxylic acids is 1. The van der Waals surface area contributed by atoms with E-state index < -0.39 is 29.4 Å². The molecule has 2 N–H and O–H groups in total. The van der Waals surface area contributed by atoms with E-state index in [0.29, 0.717) is 4.73 Å². The molecule has 1 aromatic rings. The summed E-state index contributed by atoms with van der Waals surface area (Å²) in [6.45, 7) is 10.2. The van der Waals surface area contributed by atoms with E-state index in [1.54, 1.807) is 41.5 Å². The summed E-state index contributed by atoms with van der Waals surface area (Å²) in [5, 5.41) is 23.7. The third kappa shape index (κ3) is 9.13. The van der Waals surface area contributed by atoms with Crippen molar-refractivity contribution < 1.29 is 33.7 Å². The molecule has 10 heteroatoms. The highest BCUT2D eigenvalue weighted by molar-refractivity contribution is 5.86. The van der Waals surface area contributed by atoms with Gasteiger partial charge in [0.05, 0.1) is 19.2 Å². The number of aromatic nitrogens is 1. The summed E-state index contributed by atoms with van der Waals surface area (Å²) in [6.07, 6.45) is -0.676. The third-order valence-electron chi connectivity index (χ3n) is 3.20. The Balaban J connectivity index is 2.99. The van der Waals surface area contributed by atoms with Crippen molar-refractivity contribution in [3.8, 4) is 0 Å². The van der Waals surface area contributed by atoms with Crippen LogP contribution in [0.25, 0.3) is 0 Å². The van der Waals surface area contributed by atoms with Crippen molar-refractivity contribution in [2.75, 3.05) is 18.0 Å². The highest BCUT2D eigenvalue weighted by atomic mass is 16.6. The Bertz CT molecular complexity index is 751. The highest BCUT2D eigenvalue weighted by Crippen LogP contribution is 2.16. The van der Waals surface area contributed by atoms with Crippen LogP contribution in [0.1, 0.15) is 47.1 Å². The van der Waals surface area contributed by atoms with E-state index in [4.69, 9.17) is 14.6 Å². The topological polar surface area (TPSA) is 132 Å². The second kappa shape index (κ2) is 9.44. The fraction of sp³-hybridized carbons (Fsp3) is 0.579. The van der Waals surface area contributed by atoms with Crippen LogP contribution in [0.15, 0.2) is 18.3 Å². The van der Waals surface area contributed by atoms with Crippen molar-refractivity contribution in [3.63, 3.8) is 0 Å². The molecule has 0 aromatic carbocycles. The Hall–Kier alpha value is -3.04. The van der Waals surface area contributed by atoms with E-state index in [1.165, 1.54) is 12.1 Å². The largest absolute Gasteiger partial charge is 0.711 e. The molecule has 0 atom stereocenters. The summed E-state index contributed by atoms with van der Waals surface area (Å²) in [5.74, 6) is -1.14. The quantitative estimate of drug-likeness (QED) is 0.542. The fourth-order valence-electron chi connectivity index (χ4n) is 2.20. The van der Waals surface area contributed by atoms with Gasteiger partial charge in [0.25, 0.3) is 5.82 Å². The number of anilines is 1. The molecule has 10 nitrogen and oxygen atoms in total. The van der Waals surface area contributed by atoms with E-state index in [0.717, 1.165) is 11.1 Å². The zero-order chi connectivity index (χ0) is 22.4. The van der Waals surface area contributed by atoms with Crippen LogP contribution >= 0.6 is 0 Å². The van der Waals surface area contributed by atoms with Gasteiger partial charge >= 0.3 is 18.2 Å². The van der Waals surface area contributed by atoms with Gasteiger partial charge in [-0.1, -0.05) is 0 Å². The van der Waals surface area contributed by atoms with E-state index in [2.05, 4.69) is 5.32 Å². The number of rotatable bonds is 6. The van der Waals surface area contributed by atoms with Crippen molar-refractivity contribution in [2.45, 2.75) is 59.2 Å². The van der Waals surface area contributed by atoms with Gasteiger partial charge in [-0.25, -0.2) is 9.52 Å². The number of ether oxygens (including phenoxy) is 2. The van der Waals surface area contributed by atoms with Crippen LogP contribution in [-0.2, 0) is 20.7 Å². The minimum Gasteiger partial charge on any atom is -0.711 e. The summed E-state index contributed by atoms with van der Waals surface area (Å²) in [5.41, 5.74) is -1.19. The summed E-state index contributed by atoms with van der Waals surface area (Å²) in [6, 6.07) is 2.78. The van der Waals surface area contributed by atoms with Gasteiger partial charge in [0.15, 0.2) is 0 Å². The molecule has 0 saturated carbocycles. The standard InChI is InChI=1S/C19H29N3O7/c1-18(2,3)28-16(25)20-9-10-21(17(26)29-19(4,5)6)14-8-7-13(11-15(23)24)12-22(14)27/h7-8,12H,9-11H2,1-6H3,(H,20,25)(H,23,24). The fourth-order valence-corrected chi connectivity index (χ4v) is 2.20. The molecule has 0 aliphatic heterocycles. The maximum Gasteiger partial charge on any atom is 0.507 e. The van der Waals surface area contributed by atoms with Crippen molar-refractivity contribution in [1.82, 2.24) is 5.32 Å². The molecule has 2 amide bonds. The number of nitrogens with zero attached hydrogens (tertiary/aromatic N) is 2. The first-order chi connectivity index (χ1) is 13.2. The summed E-state index contributed by atoms with van der Waals surface area (Å²) < 4.78 is 10.9. The first-order valence-electron chi connectivity index (χ1n) is 9.09. The smallest absolute Gasteiger partial charge is 0.507 e. The first-order valence-corrected chi connectivity index (χ1v) is 9.09. The minimum absolute atomic E-state index is 0.00499. The number of carbonyl (C=O) groups is 3. The van der Waals surface area contributed by atoms with Crippen molar-refractivity contribution in [2.24, 2.45) is 0 Å². The molecular weight excluding hydrogens is 382 g/mol. The van der Waals surface area contributed by atoms with Crippen LogP contribution in [0.3, 0.4) is 0 Å². The molecule has 0 fully saturated rings. The van der Waals surface area contributed by atoms with Crippen LogP contribution in [0.5, 0.6) is 0 Å². The van der Waals surface area contributed by atoms with Crippen LogP contribution in [0.2, 0.25) is 0 Å². The molecule has 0 aliphatic rings. The Morgan fingerprint density at radius 3 is 2.17 bits per heavy atom. The Labute approximate surface area is 170 Å². The Kier molecular flexibility index (Phi) is 7.81. The Morgan fingerprint density at radius 1 is 1.10 bits per heavy atom. The average molecular weight is 411 g/mol. The van der Waals surface area contributed by atoms with Gasteiger partial charge in [-0.05, 0) is 47.6 Å². The second-order valence-corrected chi connectivity index (χ2v) is 8.35. The maximum absolute atomic E-state index is 12.6. The van der Waals surface area contributed by atoms with E-state index in [-0.39, 0.29) is 30.9 Å². The monoisotopic (exact) mass is 411 g/mol. The molecule has 0 radical (unpaired) electrons. The SMILES string of the molecule is CC(C)(C)OC(=O)NCCN(C(=O)OC(C)(C)C)c1ccc(CC(=O)O)c[n+]1[O-]. The predicted octanol–water partition coefficient (Wildman–Crippen LogP) is 2.21. The van der Waals surface area contributed by atoms with E-state index >= 15 is 0 Å². The first kappa shape index (κ1) is 24.0. The zero-order valence-corrected chi connectivity index (χ0v) is 17.6. The molecule has 0 saturated heterocycles. The van der Waals surface area contributed by atoms with Crippen LogP contribution < -0.4 is 14.9 Å². The molecule has 29 heavy (non-hydrogen) atoms. The molecular formula is C19H29N3O7. The van der Waals surface area contributed by atoms with Gasteiger partial charge < -0.3 is 25.1 Å². The summed E-state index contributed by atoms with van der Waals surface area (Å²) in [4.78, 5) is 36.3. The third-order valence-corrected chi connectivity index (χ3v) is 3.20. The Morgan fingerprint density at radius 2 is 1.69 bits per heavy atom. The molecule has 162 valence electrons. The number of amides is 2. The molecule has 0 unspecified atom stereocenters. The van der Waals surface area contributed by atoms with E-state index in [1.807, 2.05) is 0 Å². The summed E-state index contributed by atoms with van der Waals surface area (Å²) >= 11 is 0. The number of carbonyl (C=O) groups excluding carboxylic acids is 2. The van der Waals surface area contributed by atoms with Gasteiger partial charge in [0.1, 0.15) is 17.7 Å². The normalized spacial score (nSPS) is 11.5. The van der Waals surface area contributed by atoms with Gasteiger partial charge in [0, 0.05) is 11.6 Å². The highest BCUT2D eigenvalue weighted by Gasteiger charge is 2.31. The number of alkyl carbamates (subject to hydrolysis) is 1.